The van der Waals surface area contributed by atoms with Crippen LogP contribution in [0.5, 0.6) is 0 Å². The van der Waals surface area contributed by atoms with Gasteiger partial charge in [-0.15, -0.1) is 0 Å². The predicted molar refractivity (Wildman–Crippen MR) is 56.9 cm³/mol. The highest BCUT2D eigenvalue weighted by molar-refractivity contribution is 5.01. The molecule has 0 spiro atoms. The summed E-state index contributed by atoms with van der Waals surface area (Å²) in [4.78, 5) is 10.1. The molecule has 14 heavy (non-hydrogen) atoms. The van der Waals surface area contributed by atoms with E-state index in [1.165, 1.54) is 6.42 Å². The molecule has 0 radical (unpaired) electrons. The van der Waals surface area contributed by atoms with E-state index in [2.05, 4.69) is 34.3 Å². The quantitative estimate of drug-likeness (QED) is 0.670. The summed E-state index contributed by atoms with van der Waals surface area (Å²) in [7, 11) is 4.18. The second-order valence-corrected chi connectivity index (χ2v) is 3.58. The third-order valence-electron chi connectivity index (χ3n) is 1.90. The van der Waals surface area contributed by atoms with Crippen molar-refractivity contribution in [3.8, 4) is 0 Å². The molecule has 0 aliphatic heterocycles. The average Bonchev–Trinajstić information content (AvgIpc) is 2.18. The van der Waals surface area contributed by atoms with E-state index in [1.807, 2.05) is 12.4 Å². The third-order valence-corrected chi connectivity index (χ3v) is 1.90. The average molecular weight is 194 g/mol. The lowest BCUT2D eigenvalue weighted by molar-refractivity contribution is 0.394. The maximum absolute atomic E-state index is 3.95. The highest BCUT2D eigenvalue weighted by atomic mass is 15.1. The van der Waals surface area contributed by atoms with Gasteiger partial charge in [-0.25, -0.2) is 9.97 Å². The van der Waals surface area contributed by atoms with E-state index in [0.29, 0.717) is 0 Å². The largest absolute Gasteiger partial charge is 0.313 e. The molecule has 0 aromatic carbocycles. The molecule has 1 N–H and O–H groups in total. The van der Waals surface area contributed by atoms with Crippen LogP contribution in [-0.2, 0) is 6.54 Å². The van der Waals surface area contributed by atoms with Gasteiger partial charge in [-0.2, -0.15) is 0 Å². The maximum Gasteiger partial charge on any atom is 0.115 e. The highest BCUT2D eigenvalue weighted by Gasteiger charge is 1.93. The first-order valence-corrected chi connectivity index (χ1v) is 4.88. The van der Waals surface area contributed by atoms with Gasteiger partial charge in [-0.1, -0.05) is 0 Å². The van der Waals surface area contributed by atoms with Gasteiger partial charge in [0.15, 0.2) is 0 Å². The van der Waals surface area contributed by atoms with Crippen LogP contribution >= 0.6 is 0 Å². The van der Waals surface area contributed by atoms with Crippen molar-refractivity contribution in [3.63, 3.8) is 0 Å². The molecule has 1 aromatic heterocycles. The summed E-state index contributed by atoms with van der Waals surface area (Å²) in [6.07, 6.45) is 6.40. The molecule has 0 saturated heterocycles. The molecule has 0 aliphatic carbocycles. The Bertz CT molecular complexity index is 235. The molecule has 0 amide bonds. The lowest BCUT2D eigenvalue weighted by Crippen LogP contribution is -2.21. The summed E-state index contributed by atoms with van der Waals surface area (Å²) >= 11 is 0. The summed E-state index contributed by atoms with van der Waals surface area (Å²) in [5, 5.41) is 3.35. The zero-order chi connectivity index (χ0) is 10.2. The van der Waals surface area contributed by atoms with E-state index in [1.54, 1.807) is 6.33 Å². The van der Waals surface area contributed by atoms with Crippen LogP contribution in [0.15, 0.2) is 18.7 Å². The van der Waals surface area contributed by atoms with Crippen LogP contribution in [-0.4, -0.2) is 42.1 Å². The Labute approximate surface area is 85.4 Å². The minimum atomic E-state index is 0.855. The highest BCUT2D eigenvalue weighted by Crippen LogP contribution is 1.91. The van der Waals surface area contributed by atoms with Crippen molar-refractivity contribution in [3.05, 3.63) is 24.3 Å². The summed E-state index contributed by atoms with van der Waals surface area (Å²) in [6.45, 7) is 3.01. The van der Waals surface area contributed by atoms with E-state index in [9.17, 15) is 0 Å². The fourth-order valence-corrected chi connectivity index (χ4v) is 1.17. The maximum atomic E-state index is 3.95. The van der Waals surface area contributed by atoms with Gasteiger partial charge in [0.2, 0.25) is 0 Å². The van der Waals surface area contributed by atoms with E-state index < -0.39 is 0 Å². The SMILES string of the molecule is CN(C)CCCNCc1cncnc1. The molecule has 1 rings (SSSR count). The van der Waals surface area contributed by atoms with E-state index >= 15 is 0 Å². The summed E-state index contributed by atoms with van der Waals surface area (Å²) in [6, 6.07) is 0. The number of nitrogens with zero attached hydrogens (tertiary/aromatic N) is 3. The minimum absolute atomic E-state index is 0.855. The first-order valence-electron chi connectivity index (χ1n) is 4.88. The Morgan fingerprint density at radius 2 is 2.00 bits per heavy atom. The molecule has 0 aliphatic rings. The Balaban J connectivity index is 2.05. The molecule has 0 fully saturated rings. The van der Waals surface area contributed by atoms with Gasteiger partial charge >= 0.3 is 0 Å². The van der Waals surface area contributed by atoms with Crippen LogP contribution in [0.4, 0.5) is 0 Å². The lowest BCUT2D eigenvalue weighted by Gasteiger charge is -2.09. The molecule has 1 aromatic rings. The van der Waals surface area contributed by atoms with Gasteiger partial charge in [-0.3, -0.25) is 0 Å². The van der Waals surface area contributed by atoms with Gasteiger partial charge in [0.25, 0.3) is 0 Å². The molecule has 78 valence electrons. The van der Waals surface area contributed by atoms with E-state index in [4.69, 9.17) is 0 Å². The topological polar surface area (TPSA) is 41.0 Å². The Hall–Kier alpha value is -1.00. The number of hydrogen-bond acceptors (Lipinski definition) is 4. The zero-order valence-electron chi connectivity index (χ0n) is 8.90. The summed E-state index contributed by atoms with van der Waals surface area (Å²) < 4.78 is 0. The first kappa shape index (κ1) is 11.1. The summed E-state index contributed by atoms with van der Waals surface area (Å²) in [5.41, 5.74) is 1.14. The third kappa shape index (κ3) is 4.89. The van der Waals surface area contributed by atoms with Crippen molar-refractivity contribution in [1.82, 2.24) is 20.2 Å². The van der Waals surface area contributed by atoms with Gasteiger partial charge in [0.05, 0.1) is 0 Å². The van der Waals surface area contributed by atoms with Crippen molar-refractivity contribution in [2.24, 2.45) is 0 Å². The number of nitrogens with one attached hydrogen (secondary N) is 1. The molecular weight excluding hydrogens is 176 g/mol. The first-order chi connectivity index (χ1) is 6.79. The van der Waals surface area contributed by atoms with Crippen molar-refractivity contribution in [2.45, 2.75) is 13.0 Å². The lowest BCUT2D eigenvalue weighted by atomic mass is 10.3. The van der Waals surface area contributed by atoms with Crippen LogP contribution in [0.2, 0.25) is 0 Å². The molecule has 1 heterocycles. The normalized spacial score (nSPS) is 10.8. The second-order valence-electron chi connectivity index (χ2n) is 3.58. The van der Waals surface area contributed by atoms with Crippen molar-refractivity contribution in [1.29, 1.82) is 0 Å². The fraction of sp³-hybridized carbons (Fsp3) is 0.600. The molecule has 0 saturated carbocycles. The number of aromatic nitrogens is 2. The van der Waals surface area contributed by atoms with Gasteiger partial charge in [-0.05, 0) is 33.6 Å². The molecular formula is C10H18N4. The van der Waals surface area contributed by atoms with Crippen molar-refractivity contribution < 1.29 is 0 Å². The molecule has 0 bridgehead atoms. The van der Waals surface area contributed by atoms with Gasteiger partial charge < -0.3 is 10.2 Å². The Morgan fingerprint density at radius 1 is 1.29 bits per heavy atom. The second kappa shape index (κ2) is 6.45. The molecule has 4 heteroatoms. The van der Waals surface area contributed by atoms with Crippen LogP contribution in [0.1, 0.15) is 12.0 Å². The van der Waals surface area contributed by atoms with E-state index in [0.717, 1.165) is 25.2 Å². The van der Waals surface area contributed by atoms with Crippen molar-refractivity contribution in [2.75, 3.05) is 27.2 Å². The van der Waals surface area contributed by atoms with E-state index in [-0.39, 0.29) is 0 Å². The zero-order valence-corrected chi connectivity index (χ0v) is 8.90. The standard InChI is InChI=1S/C10H18N4/c1-14(2)5-3-4-11-6-10-7-12-9-13-8-10/h7-9,11H,3-6H2,1-2H3. The predicted octanol–water partition coefficient (Wildman–Crippen LogP) is 0.518. The van der Waals surface area contributed by atoms with Gasteiger partial charge in [0.1, 0.15) is 6.33 Å². The van der Waals surface area contributed by atoms with Crippen molar-refractivity contribution >= 4 is 0 Å². The minimum Gasteiger partial charge on any atom is -0.313 e. The molecule has 0 unspecified atom stereocenters. The molecule has 0 atom stereocenters. The Kier molecular flexibility index (Phi) is 5.11. The smallest absolute Gasteiger partial charge is 0.115 e. The fourth-order valence-electron chi connectivity index (χ4n) is 1.17. The van der Waals surface area contributed by atoms with Crippen LogP contribution in [0.25, 0.3) is 0 Å². The Morgan fingerprint density at radius 3 is 2.64 bits per heavy atom. The van der Waals surface area contributed by atoms with Crippen LogP contribution in [0.3, 0.4) is 0 Å². The van der Waals surface area contributed by atoms with Gasteiger partial charge in [0, 0.05) is 24.5 Å². The van der Waals surface area contributed by atoms with Crippen LogP contribution < -0.4 is 5.32 Å². The molecule has 4 nitrogen and oxygen atoms in total. The van der Waals surface area contributed by atoms with Crippen LogP contribution in [0, 0.1) is 0 Å². The number of rotatable bonds is 6. The summed E-state index contributed by atoms with van der Waals surface area (Å²) in [5.74, 6) is 0. The number of hydrogen-bond donors (Lipinski definition) is 1. The monoisotopic (exact) mass is 194 g/mol.